The van der Waals surface area contributed by atoms with Gasteiger partial charge in [-0.1, -0.05) is 0 Å². The summed E-state index contributed by atoms with van der Waals surface area (Å²) in [5.41, 5.74) is -0.709. The quantitative estimate of drug-likeness (QED) is 0.495. The monoisotopic (exact) mass is 231 g/mol. The number of hydrogen-bond acceptors (Lipinski definition) is 6. The molecule has 0 aliphatic carbocycles. The molecule has 0 aromatic rings. The number of aliphatic hydroxyl groups is 1. The molecule has 1 fully saturated rings. The van der Waals surface area contributed by atoms with E-state index >= 15 is 0 Å². The van der Waals surface area contributed by atoms with Crippen molar-refractivity contribution >= 4 is 12.1 Å². The molecule has 92 valence electrons. The van der Waals surface area contributed by atoms with E-state index in [4.69, 9.17) is 4.74 Å². The van der Waals surface area contributed by atoms with Crippen molar-refractivity contribution < 1.29 is 24.2 Å². The average Bonchev–Trinajstić information content (AvgIpc) is 2.47. The minimum atomic E-state index is -1.04. The number of nitrogens with one attached hydrogen (secondary N) is 1. The number of aliphatic hydroxyl groups excluding tert-OH is 1. The largest absolute Gasteiger partial charge is 0.516 e. The molecule has 2 atom stereocenters. The number of carbonyl (C=O) groups is 2. The maximum absolute atomic E-state index is 11.4. The Labute approximate surface area is 93.9 Å². The number of esters is 1. The van der Waals surface area contributed by atoms with E-state index in [1.165, 1.54) is 0 Å². The summed E-state index contributed by atoms with van der Waals surface area (Å²) < 4.78 is 9.27. The van der Waals surface area contributed by atoms with Crippen LogP contribution in [0, 0.1) is 0 Å². The van der Waals surface area contributed by atoms with Gasteiger partial charge in [0, 0.05) is 0 Å². The van der Waals surface area contributed by atoms with Gasteiger partial charge in [-0.2, -0.15) is 0 Å². The molecule has 1 heterocycles. The summed E-state index contributed by atoms with van der Waals surface area (Å²) in [5, 5.41) is 12.1. The Morgan fingerprint density at radius 1 is 1.38 bits per heavy atom. The first-order chi connectivity index (χ1) is 7.29. The van der Waals surface area contributed by atoms with Crippen molar-refractivity contribution in [2.75, 3.05) is 6.54 Å². The van der Waals surface area contributed by atoms with Crippen LogP contribution in [-0.2, 0) is 14.3 Å². The van der Waals surface area contributed by atoms with Crippen LogP contribution >= 0.6 is 0 Å². The third-order valence-corrected chi connectivity index (χ3v) is 2.02. The van der Waals surface area contributed by atoms with Gasteiger partial charge in [0.1, 0.15) is 11.6 Å². The first-order valence-electron chi connectivity index (χ1n) is 5.16. The van der Waals surface area contributed by atoms with Gasteiger partial charge in [-0.3, -0.25) is 0 Å². The van der Waals surface area contributed by atoms with E-state index < -0.39 is 29.9 Å². The highest BCUT2D eigenvalue weighted by molar-refractivity contribution is 5.86. The smallest absolute Gasteiger partial charge is 0.428 e. The second-order valence-corrected chi connectivity index (χ2v) is 4.67. The van der Waals surface area contributed by atoms with Crippen molar-refractivity contribution in [3.05, 3.63) is 0 Å². The molecule has 6 heteroatoms. The van der Waals surface area contributed by atoms with Crippen molar-refractivity contribution in [3.63, 3.8) is 0 Å². The highest BCUT2D eigenvalue weighted by atomic mass is 16.7. The fourth-order valence-electron chi connectivity index (χ4n) is 1.35. The molecule has 1 rings (SSSR count). The third kappa shape index (κ3) is 3.79. The van der Waals surface area contributed by atoms with Crippen molar-refractivity contribution in [1.82, 2.24) is 5.32 Å². The minimum absolute atomic E-state index is 0.466. The molecule has 0 aromatic carbocycles. The van der Waals surface area contributed by atoms with Crippen LogP contribution in [0.3, 0.4) is 0 Å². The zero-order valence-corrected chi connectivity index (χ0v) is 9.65. The fraction of sp³-hybridized carbons (Fsp3) is 0.800. The number of hydrogen-bond donors (Lipinski definition) is 2. The van der Waals surface area contributed by atoms with Crippen LogP contribution in [0.2, 0.25) is 0 Å². The summed E-state index contributed by atoms with van der Waals surface area (Å²) in [6.45, 7) is 5.53. The number of ether oxygens (including phenoxy) is 2. The van der Waals surface area contributed by atoms with Gasteiger partial charge >= 0.3 is 12.1 Å². The van der Waals surface area contributed by atoms with E-state index in [0.29, 0.717) is 13.0 Å². The zero-order valence-electron chi connectivity index (χ0n) is 9.65. The second-order valence-electron chi connectivity index (χ2n) is 4.67. The fourth-order valence-corrected chi connectivity index (χ4v) is 1.35. The molecule has 0 spiro atoms. The molecular weight excluding hydrogens is 214 g/mol. The molecule has 16 heavy (non-hydrogen) atoms. The van der Waals surface area contributed by atoms with Crippen LogP contribution in [0.15, 0.2) is 0 Å². The Bertz CT molecular complexity index is 283. The van der Waals surface area contributed by atoms with Gasteiger partial charge in [0.05, 0.1) is 6.10 Å². The molecule has 0 saturated carbocycles. The predicted molar refractivity (Wildman–Crippen MR) is 54.7 cm³/mol. The van der Waals surface area contributed by atoms with E-state index in [0.717, 1.165) is 0 Å². The van der Waals surface area contributed by atoms with Crippen molar-refractivity contribution in [1.29, 1.82) is 0 Å². The Hall–Kier alpha value is -1.14. The van der Waals surface area contributed by atoms with Gasteiger partial charge in [0.2, 0.25) is 0 Å². The van der Waals surface area contributed by atoms with Crippen LogP contribution in [0.1, 0.15) is 27.2 Å². The van der Waals surface area contributed by atoms with Crippen LogP contribution in [0.4, 0.5) is 4.79 Å². The topological polar surface area (TPSA) is 84.9 Å². The van der Waals surface area contributed by atoms with Crippen LogP contribution in [-0.4, -0.2) is 41.5 Å². The number of rotatable bonds is 1. The lowest BCUT2D eigenvalue weighted by atomic mass is 10.2. The normalized spacial score (nSPS) is 25.2. The lowest BCUT2D eigenvalue weighted by molar-refractivity contribution is -0.145. The van der Waals surface area contributed by atoms with Crippen molar-refractivity contribution in [2.24, 2.45) is 0 Å². The van der Waals surface area contributed by atoms with Gasteiger partial charge in [-0.25, -0.2) is 9.59 Å². The summed E-state index contributed by atoms with van der Waals surface area (Å²) in [4.78, 5) is 22.6. The lowest BCUT2D eigenvalue weighted by Gasteiger charge is -2.19. The second kappa shape index (κ2) is 4.80. The van der Waals surface area contributed by atoms with Crippen LogP contribution < -0.4 is 5.32 Å². The maximum atomic E-state index is 11.4. The Morgan fingerprint density at radius 2 is 2.00 bits per heavy atom. The van der Waals surface area contributed by atoms with Crippen molar-refractivity contribution in [3.8, 4) is 0 Å². The summed E-state index contributed by atoms with van der Waals surface area (Å²) in [6, 6.07) is -0.840. The van der Waals surface area contributed by atoms with Gasteiger partial charge in [0.15, 0.2) is 0 Å². The molecule has 0 radical (unpaired) electrons. The minimum Gasteiger partial charge on any atom is -0.428 e. The molecule has 2 N–H and O–H groups in total. The van der Waals surface area contributed by atoms with E-state index in [-0.39, 0.29) is 0 Å². The van der Waals surface area contributed by atoms with E-state index in [1.807, 2.05) is 0 Å². The Morgan fingerprint density at radius 3 is 2.44 bits per heavy atom. The maximum Gasteiger partial charge on any atom is 0.516 e. The van der Waals surface area contributed by atoms with Crippen molar-refractivity contribution in [2.45, 2.75) is 44.9 Å². The first-order valence-corrected chi connectivity index (χ1v) is 5.16. The van der Waals surface area contributed by atoms with Gasteiger partial charge < -0.3 is 19.9 Å². The predicted octanol–water partition coefficient (Wildman–Crippen LogP) is 0.187. The average molecular weight is 231 g/mol. The summed E-state index contributed by atoms with van der Waals surface area (Å²) in [5.74, 6) is -0.806. The highest BCUT2D eigenvalue weighted by Crippen LogP contribution is 2.11. The molecule has 6 nitrogen and oxygen atoms in total. The standard InChI is InChI=1S/C10H17NO5/c1-10(2,3)16-9(14)15-8(13)7-6(12)4-5-11-7/h6-7,11-12H,4-5H2,1-3H3/t6-,7-/m0/s1. The molecule has 0 aromatic heterocycles. The third-order valence-electron chi connectivity index (χ3n) is 2.02. The number of carbonyl (C=O) groups excluding carboxylic acids is 2. The van der Waals surface area contributed by atoms with Crippen LogP contribution in [0.25, 0.3) is 0 Å². The molecule has 1 aliphatic heterocycles. The van der Waals surface area contributed by atoms with E-state index in [1.54, 1.807) is 20.8 Å². The van der Waals surface area contributed by atoms with Gasteiger partial charge in [-0.15, -0.1) is 0 Å². The molecular formula is C10H17NO5. The summed E-state index contributed by atoms with van der Waals surface area (Å²) in [7, 11) is 0. The van der Waals surface area contributed by atoms with Gasteiger partial charge in [-0.05, 0) is 33.7 Å². The lowest BCUT2D eigenvalue weighted by Crippen LogP contribution is -2.41. The molecule has 1 saturated heterocycles. The summed E-state index contributed by atoms with van der Waals surface area (Å²) >= 11 is 0. The first kappa shape index (κ1) is 12.9. The highest BCUT2D eigenvalue weighted by Gasteiger charge is 2.34. The molecule has 0 bridgehead atoms. The van der Waals surface area contributed by atoms with Gasteiger partial charge in [0.25, 0.3) is 0 Å². The van der Waals surface area contributed by atoms with E-state index in [2.05, 4.69) is 10.1 Å². The molecule has 1 aliphatic rings. The molecule has 0 amide bonds. The zero-order chi connectivity index (χ0) is 12.3. The van der Waals surface area contributed by atoms with E-state index in [9.17, 15) is 14.7 Å². The Balaban J connectivity index is 2.42. The van der Waals surface area contributed by atoms with Crippen LogP contribution in [0.5, 0.6) is 0 Å². The molecule has 0 unspecified atom stereocenters. The SMILES string of the molecule is CC(C)(C)OC(=O)OC(=O)[C@H]1NCC[C@@H]1O. The summed E-state index contributed by atoms with van der Waals surface area (Å²) in [6.07, 6.45) is -1.39. The Kier molecular flexibility index (Phi) is 3.88.